The maximum atomic E-state index is 6.04. The fraction of sp³-hybridized carbons (Fsp3) is 0.143. The number of rotatable bonds is 3. The summed E-state index contributed by atoms with van der Waals surface area (Å²) in [7, 11) is 0. The lowest BCUT2D eigenvalue weighted by Crippen LogP contribution is -2.01. The van der Waals surface area contributed by atoms with E-state index in [1.807, 2.05) is 47.9 Å². The average molecular weight is 274 g/mol. The summed E-state index contributed by atoms with van der Waals surface area (Å²) in [4.78, 5) is 0. The minimum absolute atomic E-state index is 0.352. The Morgan fingerprint density at radius 1 is 1.21 bits per heavy atom. The van der Waals surface area contributed by atoms with Crippen molar-refractivity contribution in [2.45, 2.75) is 13.5 Å². The Bertz CT molecular complexity index is 724. The molecule has 96 valence electrons. The van der Waals surface area contributed by atoms with Crippen molar-refractivity contribution in [3.63, 3.8) is 0 Å². The molecule has 2 aromatic heterocycles. The standard InChI is InChI=1S/C14H12ClN3O/c1-10-4-2-5-11(8-10)19-9-13-16-17-14-12(15)6-3-7-18(13)14/h2-8H,9H2,1H3. The SMILES string of the molecule is Cc1cccc(OCc2nnc3c(Cl)cccn23)c1. The summed E-state index contributed by atoms with van der Waals surface area (Å²) >= 11 is 6.04. The van der Waals surface area contributed by atoms with Crippen LogP contribution in [0, 0.1) is 6.92 Å². The number of nitrogens with zero attached hydrogens (tertiary/aromatic N) is 3. The van der Waals surface area contributed by atoms with E-state index < -0.39 is 0 Å². The van der Waals surface area contributed by atoms with Crippen molar-refractivity contribution in [3.05, 3.63) is 59.0 Å². The molecule has 0 atom stereocenters. The summed E-state index contributed by atoms with van der Waals surface area (Å²) in [5.41, 5.74) is 1.80. The van der Waals surface area contributed by atoms with Crippen molar-refractivity contribution < 1.29 is 4.74 Å². The third-order valence-electron chi connectivity index (χ3n) is 2.82. The van der Waals surface area contributed by atoms with Crippen LogP contribution in [-0.2, 0) is 6.61 Å². The molecular formula is C14H12ClN3O. The minimum Gasteiger partial charge on any atom is -0.486 e. The van der Waals surface area contributed by atoms with Crippen molar-refractivity contribution in [1.82, 2.24) is 14.6 Å². The lowest BCUT2D eigenvalue weighted by Gasteiger charge is -2.05. The van der Waals surface area contributed by atoms with Gasteiger partial charge in [0.2, 0.25) is 0 Å². The first-order valence-corrected chi connectivity index (χ1v) is 6.29. The van der Waals surface area contributed by atoms with Gasteiger partial charge < -0.3 is 4.74 Å². The fourth-order valence-electron chi connectivity index (χ4n) is 1.88. The van der Waals surface area contributed by atoms with Crippen molar-refractivity contribution in [2.24, 2.45) is 0 Å². The molecule has 0 aliphatic heterocycles. The Hall–Kier alpha value is -2.07. The first-order valence-electron chi connectivity index (χ1n) is 5.91. The normalized spacial score (nSPS) is 10.8. The molecule has 19 heavy (non-hydrogen) atoms. The van der Waals surface area contributed by atoms with Crippen LogP contribution in [0.15, 0.2) is 42.6 Å². The molecule has 0 bridgehead atoms. The zero-order valence-electron chi connectivity index (χ0n) is 10.4. The van der Waals surface area contributed by atoms with E-state index in [0.717, 1.165) is 17.1 Å². The number of aryl methyl sites for hydroxylation is 1. The van der Waals surface area contributed by atoms with E-state index in [9.17, 15) is 0 Å². The Morgan fingerprint density at radius 2 is 2.11 bits per heavy atom. The number of aromatic nitrogens is 3. The summed E-state index contributed by atoms with van der Waals surface area (Å²) in [6.07, 6.45) is 1.87. The van der Waals surface area contributed by atoms with Crippen LogP contribution in [-0.4, -0.2) is 14.6 Å². The topological polar surface area (TPSA) is 39.4 Å². The maximum Gasteiger partial charge on any atom is 0.179 e. The highest BCUT2D eigenvalue weighted by atomic mass is 35.5. The van der Waals surface area contributed by atoms with Crippen LogP contribution in [0.5, 0.6) is 5.75 Å². The molecule has 4 nitrogen and oxygen atoms in total. The highest BCUT2D eigenvalue weighted by Gasteiger charge is 2.08. The Kier molecular flexibility index (Phi) is 3.09. The van der Waals surface area contributed by atoms with Crippen LogP contribution in [0.2, 0.25) is 5.02 Å². The summed E-state index contributed by atoms with van der Waals surface area (Å²) in [6, 6.07) is 11.5. The summed E-state index contributed by atoms with van der Waals surface area (Å²) in [6.45, 7) is 2.38. The molecule has 3 rings (SSSR count). The molecule has 3 aromatic rings. The number of pyridine rings is 1. The molecule has 0 unspecified atom stereocenters. The third-order valence-corrected chi connectivity index (χ3v) is 3.11. The minimum atomic E-state index is 0.352. The number of ether oxygens (including phenoxy) is 1. The van der Waals surface area contributed by atoms with E-state index in [0.29, 0.717) is 17.3 Å². The smallest absolute Gasteiger partial charge is 0.179 e. The molecule has 0 saturated carbocycles. The zero-order valence-corrected chi connectivity index (χ0v) is 11.1. The van der Waals surface area contributed by atoms with Crippen LogP contribution in [0.4, 0.5) is 0 Å². The molecule has 0 radical (unpaired) electrons. The van der Waals surface area contributed by atoms with Crippen LogP contribution in [0.3, 0.4) is 0 Å². The molecule has 0 aliphatic carbocycles. The molecule has 0 N–H and O–H groups in total. The molecule has 0 spiro atoms. The van der Waals surface area contributed by atoms with Gasteiger partial charge in [0.15, 0.2) is 11.5 Å². The lowest BCUT2D eigenvalue weighted by molar-refractivity contribution is 0.294. The van der Waals surface area contributed by atoms with Gasteiger partial charge in [-0.05, 0) is 36.8 Å². The van der Waals surface area contributed by atoms with E-state index in [4.69, 9.17) is 16.3 Å². The number of benzene rings is 1. The van der Waals surface area contributed by atoms with E-state index in [1.54, 1.807) is 6.07 Å². The van der Waals surface area contributed by atoms with Crippen LogP contribution < -0.4 is 4.74 Å². The van der Waals surface area contributed by atoms with E-state index in [2.05, 4.69) is 10.2 Å². The second-order valence-corrected chi connectivity index (χ2v) is 4.68. The molecule has 0 aliphatic rings. The fourth-order valence-corrected chi connectivity index (χ4v) is 2.08. The van der Waals surface area contributed by atoms with Gasteiger partial charge in [-0.1, -0.05) is 23.7 Å². The number of hydrogen-bond acceptors (Lipinski definition) is 3. The summed E-state index contributed by atoms with van der Waals surface area (Å²) in [5.74, 6) is 1.54. The Balaban J connectivity index is 1.84. The third kappa shape index (κ3) is 2.39. The van der Waals surface area contributed by atoms with E-state index in [-0.39, 0.29) is 0 Å². The van der Waals surface area contributed by atoms with E-state index in [1.165, 1.54) is 0 Å². The van der Waals surface area contributed by atoms with Crippen molar-refractivity contribution in [2.75, 3.05) is 0 Å². The summed E-state index contributed by atoms with van der Waals surface area (Å²) in [5, 5.41) is 8.73. The molecule has 2 heterocycles. The highest BCUT2D eigenvalue weighted by Crippen LogP contribution is 2.17. The number of hydrogen-bond donors (Lipinski definition) is 0. The molecule has 5 heteroatoms. The summed E-state index contributed by atoms with van der Waals surface area (Å²) < 4.78 is 7.54. The maximum absolute atomic E-state index is 6.04. The first-order chi connectivity index (χ1) is 9.24. The van der Waals surface area contributed by atoms with Gasteiger partial charge in [-0.15, -0.1) is 10.2 Å². The predicted octanol–water partition coefficient (Wildman–Crippen LogP) is 3.27. The predicted molar refractivity (Wildman–Crippen MR) is 73.5 cm³/mol. The number of fused-ring (bicyclic) bond motifs is 1. The zero-order chi connectivity index (χ0) is 13.2. The van der Waals surface area contributed by atoms with Gasteiger partial charge >= 0.3 is 0 Å². The molecule has 0 amide bonds. The Morgan fingerprint density at radius 3 is 2.95 bits per heavy atom. The first kappa shape index (κ1) is 12.0. The van der Waals surface area contributed by atoms with Gasteiger partial charge in [-0.25, -0.2) is 0 Å². The van der Waals surface area contributed by atoms with Crippen molar-refractivity contribution in [3.8, 4) is 5.75 Å². The Labute approximate surface area is 115 Å². The molecule has 0 fully saturated rings. The number of halogens is 1. The van der Waals surface area contributed by atoms with Gasteiger partial charge in [-0.3, -0.25) is 4.40 Å². The van der Waals surface area contributed by atoms with Crippen LogP contribution in [0.25, 0.3) is 5.65 Å². The van der Waals surface area contributed by atoms with Crippen molar-refractivity contribution >= 4 is 17.2 Å². The molecule has 1 aromatic carbocycles. The van der Waals surface area contributed by atoms with Crippen LogP contribution >= 0.6 is 11.6 Å². The van der Waals surface area contributed by atoms with Gasteiger partial charge in [0.1, 0.15) is 12.4 Å². The van der Waals surface area contributed by atoms with Gasteiger partial charge in [0, 0.05) is 6.20 Å². The second-order valence-electron chi connectivity index (χ2n) is 4.27. The molecule has 0 saturated heterocycles. The lowest BCUT2D eigenvalue weighted by atomic mass is 10.2. The van der Waals surface area contributed by atoms with Crippen LogP contribution in [0.1, 0.15) is 11.4 Å². The second kappa shape index (κ2) is 4.90. The van der Waals surface area contributed by atoms with Gasteiger partial charge in [0.05, 0.1) is 5.02 Å². The van der Waals surface area contributed by atoms with E-state index >= 15 is 0 Å². The average Bonchev–Trinajstić information content (AvgIpc) is 2.81. The quantitative estimate of drug-likeness (QED) is 0.735. The van der Waals surface area contributed by atoms with Gasteiger partial charge in [0.25, 0.3) is 0 Å². The molecular weight excluding hydrogens is 262 g/mol. The van der Waals surface area contributed by atoms with Gasteiger partial charge in [-0.2, -0.15) is 0 Å². The van der Waals surface area contributed by atoms with Crippen molar-refractivity contribution in [1.29, 1.82) is 0 Å². The monoisotopic (exact) mass is 273 g/mol. The highest BCUT2D eigenvalue weighted by molar-refractivity contribution is 6.33. The largest absolute Gasteiger partial charge is 0.486 e.